The maximum Gasteiger partial charge on any atom is 0.240 e. The van der Waals surface area contributed by atoms with Crippen molar-refractivity contribution in [3.05, 3.63) is 47.8 Å². The van der Waals surface area contributed by atoms with E-state index in [0.717, 1.165) is 6.07 Å². The SMILES string of the molecule is N#Cc1ccc(Nc2ccc(S(N)(=O)=O)c(N)c2)c(F)c1. The van der Waals surface area contributed by atoms with E-state index in [-0.39, 0.29) is 21.8 Å². The zero-order valence-corrected chi connectivity index (χ0v) is 11.5. The van der Waals surface area contributed by atoms with Gasteiger partial charge < -0.3 is 11.1 Å². The van der Waals surface area contributed by atoms with Crippen LogP contribution in [-0.2, 0) is 10.0 Å². The maximum absolute atomic E-state index is 13.7. The summed E-state index contributed by atoms with van der Waals surface area (Å²) in [4.78, 5) is -0.201. The van der Waals surface area contributed by atoms with E-state index >= 15 is 0 Å². The smallest absolute Gasteiger partial charge is 0.240 e. The zero-order valence-electron chi connectivity index (χ0n) is 10.7. The van der Waals surface area contributed by atoms with E-state index in [1.807, 2.05) is 6.07 Å². The Morgan fingerprint density at radius 1 is 1.19 bits per heavy atom. The highest BCUT2D eigenvalue weighted by atomic mass is 32.2. The Morgan fingerprint density at radius 3 is 2.43 bits per heavy atom. The van der Waals surface area contributed by atoms with Gasteiger partial charge in [-0.25, -0.2) is 17.9 Å². The molecule has 0 saturated carbocycles. The van der Waals surface area contributed by atoms with Crippen LogP contribution in [0.25, 0.3) is 0 Å². The van der Waals surface area contributed by atoms with Gasteiger partial charge in [0.05, 0.1) is 23.0 Å². The zero-order chi connectivity index (χ0) is 15.6. The summed E-state index contributed by atoms with van der Waals surface area (Å²) in [5.74, 6) is -0.608. The molecule has 5 N–H and O–H groups in total. The average Bonchev–Trinajstić information content (AvgIpc) is 2.39. The van der Waals surface area contributed by atoms with Gasteiger partial charge in [0.15, 0.2) is 0 Å². The molecular formula is C13H11FN4O2S. The maximum atomic E-state index is 13.7. The summed E-state index contributed by atoms with van der Waals surface area (Å²) in [6.45, 7) is 0. The molecule has 2 aromatic rings. The summed E-state index contributed by atoms with van der Waals surface area (Å²) in [6.07, 6.45) is 0. The largest absolute Gasteiger partial charge is 0.398 e. The first-order chi connectivity index (χ1) is 9.81. The van der Waals surface area contributed by atoms with E-state index in [0.29, 0.717) is 5.69 Å². The lowest BCUT2D eigenvalue weighted by Gasteiger charge is -2.10. The Labute approximate surface area is 120 Å². The van der Waals surface area contributed by atoms with Crippen LogP contribution in [-0.4, -0.2) is 8.42 Å². The number of nitriles is 1. The second kappa shape index (κ2) is 5.40. The Hall–Kier alpha value is -2.63. The van der Waals surface area contributed by atoms with E-state index in [2.05, 4.69) is 5.32 Å². The van der Waals surface area contributed by atoms with Gasteiger partial charge >= 0.3 is 0 Å². The van der Waals surface area contributed by atoms with Crippen molar-refractivity contribution in [2.75, 3.05) is 11.1 Å². The summed E-state index contributed by atoms with van der Waals surface area (Å²) < 4.78 is 36.2. The molecule has 0 saturated heterocycles. The molecule has 0 amide bonds. The Kier molecular flexibility index (Phi) is 3.80. The van der Waals surface area contributed by atoms with Crippen molar-refractivity contribution in [2.45, 2.75) is 4.90 Å². The average molecular weight is 306 g/mol. The van der Waals surface area contributed by atoms with Crippen molar-refractivity contribution < 1.29 is 12.8 Å². The second-order valence-corrected chi connectivity index (χ2v) is 5.76. The van der Waals surface area contributed by atoms with Crippen LogP contribution in [0.2, 0.25) is 0 Å². The van der Waals surface area contributed by atoms with Crippen LogP contribution >= 0.6 is 0 Å². The van der Waals surface area contributed by atoms with Crippen molar-refractivity contribution in [2.24, 2.45) is 5.14 Å². The fourth-order valence-corrected chi connectivity index (χ4v) is 2.37. The molecule has 6 nitrogen and oxygen atoms in total. The normalized spacial score (nSPS) is 10.9. The highest BCUT2D eigenvalue weighted by molar-refractivity contribution is 7.89. The number of nitrogens with one attached hydrogen (secondary N) is 1. The van der Waals surface area contributed by atoms with Crippen molar-refractivity contribution in [3.8, 4) is 6.07 Å². The third kappa shape index (κ3) is 3.28. The molecule has 0 aliphatic heterocycles. The van der Waals surface area contributed by atoms with Crippen molar-refractivity contribution in [3.63, 3.8) is 0 Å². The number of primary sulfonamides is 1. The molecule has 0 spiro atoms. The highest BCUT2D eigenvalue weighted by Crippen LogP contribution is 2.25. The molecule has 0 aromatic heterocycles. The lowest BCUT2D eigenvalue weighted by molar-refractivity contribution is 0.598. The molecule has 2 aromatic carbocycles. The van der Waals surface area contributed by atoms with Gasteiger partial charge in [-0.2, -0.15) is 5.26 Å². The van der Waals surface area contributed by atoms with Crippen LogP contribution < -0.4 is 16.2 Å². The van der Waals surface area contributed by atoms with Gasteiger partial charge in [-0.1, -0.05) is 0 Å². The summed E-state index contributed by atoms with van der Waals surface area (Å²) in [7, 11) is -3.90. The van der Waals surface area contributed by atoms with Crippen molar-refractivity contribution in [1.29, 1.82) is 5.26 Å². The number of nitrogens with zero attached hydrogens (tertiary/aromatic N) is 1. The van der Waals surface area contributed by atoms with Gasteiger partial charge in [0, 0.05) is 5.69 Å². The van der Waals surface area contributed by atoms with E-state index in [1.165, 1.54) is 30.3 Å². The van der Waals surface area contributed by atoms with Crippen LogP contribution in [0, 0.1) is 17.1 Å². The first-order valence-electron chi connectivity index (χ1n) is 5.70. The lowest BCUT2D eigenvalue weighted by Crippen LogP contribution is -2.14. The van der Waals surface area contributed by atoms with Crippen molar-refractivity contribution in [1.82, 2.24) is 0 Å². The molecule has 108 valence electrons. The van der Waals surface area contributed by atoms with Gasteiger partial charge in [-0.05, 0) is 36.4 Å². The third-order valence-electron chi connectivity index (χ3n) is 2.69. The monoisotopic (exact) mass is 306 g/mol. The molecule has 21 heavy (non-hydrogen) atoms. The minimum Gasteiger partial charge on any atom is -0.398 e. The summed E-state index contributed by atoms with van der Waals surface area (Å²) in [6, 6.07) is 9.74. The van der Waals surface area contributed by atoms with Gasteiger partial charge in [0.2, 0.25) is 10.0 Å². The molecular weight excluding hydrogens is 295 g/mol. The molecule has 0 radical (unpaired) electrons. The quantitative estimate of drug-likeness (QED) is 0.744. The fourth-order valence-electron chi connectivity index (χ4n) is 1.73. The van der Waals surface area contributed by atoms with E-state index in [4.69, 9.17) is 16.1 Å². The first-order valence-corrected chi connectivity index (χ1v) is 7.25. The highest BCUT2D eigenvalue weighted by Gasteiger charge is 2.13. The molecule has 0 fully saturated rings. The van der Waals surface area contributed by atoms with E-state index in [9.17, 15) is 12.8 Å². The van der Waals surface area contributed by atoms with E-state index in [1.54, 1.807) is 0 Å². The number of anilines is 3. The van der Waals surface area contributed by atoms with Crippen LogP contribution in [0.4, 0.5) is 21.5 Å². The van der Waals surface area contributed by atoms with Crippen LogP contribution in [0.3, 0.4) is 0 Å². The van der Waals surface area contributed by atoms with E-state index < -0.39 is 15.8 Å². The minimum atomic E-state index is -3.90. The van der Waals surface area contributed by atoms with Crippen molar-refractivity contribution >= 4 is 27.1 Å². The Morgan fingerprint density at radius 2 is 1.90 bits per heavy atom. The molecule has 0 heterocycles. The number of sulfonamides is 1. The molecule has 0 bridgehead atoms. The minimum absolute atomic E-state index is 0.0449. The number of hydrogen-bond donors (Lipinski definition) is 3. The standard InChI is InChI=1S/C13H11FN4O2S/c14-10-5-8(7-15)1-3-12(10)18-9-2-4-13(11(16)6-9)21(17,19)20/h1-6,18H,16H2,(H2,17,19,20). The molecule has 2 rings (SSSR count). The first kappa shape index (κ1) is 14.8. The van der Waals surface area contributed by atoms with Gasteiger partial charge in [0.1, 0.15) is 10.7 Å². The van der Waals surface area contributed by atoms with Gasteiger partial charge in [-0.15, -0.1) is 0 Å². The van der Waals surface area contributed by atoms with Crippen LogP contribution in [0.5, 0.6) is 0 Å². The summed E-state index contributed by atoms with van der Waals surface area (Å²) >= 11 is 0. The summed E-state index contributed by atoms with van der Waals surface area (Å²) in [5.41, 5.74) is 6.29. The number of nitrogen functional groups attached to an aromatic ring is 1. The number of halogens is 1. The van der Waals surface area contributed by atoms with Crippen LogP contribution in [0.1, 0.15) is 5.56 Å². The van der Waals surface area contributed by atoms with Gasteiger partial charge in [0.25, 0.3) is 0 Å². The fraction of sp³-hybridized carbons (Fsp3) is 0. The molecule has 0 atom stereocenters. The third-order valence-corrected chi connectivity index (χ3v) is 3.68. The molecule has 0 unspecified atom stereocenters. The van der Waals surface area contributed by atoms with Gasteiger partial charge in [-0.3, -0.25) is 0 Å². The molecule has 0 aliphatic rings. The second-order valence-electron chi connectivity index (χ2n) is 4.23. The predicted molar refractivity (Wildman–Crippen MR) is 76.6 cm³/mol. The van der Waals surface area contributed by atoms with Crippen LogP contribution in [0.15, 0.2) is 41.3 Å². The Bertz CT molecular complexity index is 844. The Balaban J connectivity index is 2.33. The molecule has 0 aliphatic carbocycles. The number of benzene rings is 2. The predicted octanol–water partition coefficient (Wildman–Crippen LogP) is 1.67. The number of nitrogens with two attached hydrogens (primary N) is 2. The topological polar surface area (TPSA) is 122 Å². The number of rotatable bonds is 3. The summed E-state index contributed by atoms with van der Waals surface area (Å²) in [5, 5.41) is 16.4. The molecule has 8 heteroatoms. The lowest BCUT2D eigenvalue weighted by atomic mass is 10.2. The number of hydrogen-bond acceptors (Lipinski definition) is 5.